The number of carbonyl (C=O) groups is 1. The summed E-state index contributed by atoms with van der Waals surface area (Å²) < 4.78 is 44.2. The molecule has 7 nitrogen and oxygen atoms in total. The second-order valence-electron chi connectivity index (χ2n) is 8.01. The van der Waals surface area contributed by atoms with Crippen molar-refractivity contribution in [2.75, 3.05) is 13.7 Å². The zero-order valence-corrected chi connectivity index (χ0v) is 18.1. The maximum Gasteiger partial charge on any atom is 0.449 e. The zero-order chi connectivity index (χ0) is 23.9. The highest BCUT2D eigenvalue weighted by atomic mass is 19.4. The number of carbonyl (C=O) groups excluding carboxylic acids is 1. The van der Waals surface area contributed by atoms with Crippen LogP contribution in [0.15, 0.2) is 54.7 Å². The number of alkyl halides is 3. The Morgan fingerprint density at radius 3 is 2.79 bits per heavy atom. The van der Waals surface area contributed by atoms with Crippen LogP contribution < -0.4 is 4.74 Å². The van der Waals surface area contributed by atoms with Gasteiger partial charge >= 0.3 is 6.18 Å². The molecule has 1 fully saturated rings. The molecule has 1 aliphatic heterocycles. The van der Waals surface area contributed by atoms with Crippen LogP contribution in [0.2, 0.25) is 0 Å². The molecule has 0 aliphatic carbocycles. The Morgan fingerprint density at radius 1 is 1.15 bits per heavy atom. The zero-order valence-electron chi connectivity index (χ0n) is 18.1. The van der Waals surface area contributed by atoms with Crippen molar-refractivity contribution in [2.24, 2.45) is 0 Å². The quantitative estimate of drug-likeness (QED) is 0.455. The highest BCUT2D eigenvalue weighted by Crippen LogP contribution is 2.34. The molecular formula is C24H20F3N5O2. The van der Waals surface area contributed by atoms with E-state index >= 15 is 0 Å². The van der Waals surface area contributed by atoms with Crippen LogP contribution in [-0.4, -0.2) is 44.4 Å². The lowest BCUT2D eigenvalue weighted by Crippen LogP contribution is -2.31. The van der Waals surface area contributed by atoms with Crippen LogP contribution in [0.4, 0.5) is 13.2 Å². The summed E-state index contributed by atoms with van der Waals surface area (Å²) >= 11 is 0. The number of ether oxygens (including phenoxy) is 1. The van der Waals surface area contributed by atoms with Crippen molar-refractivity contribution in [3.05, 3.63) is 71.8 Å². The summed E-state index contributed by atoms with van der Waals surface area (Å²) in [5.74, 6) is -0.146. The summed E-state index contributed by atoms with van der Waals surface area (Å²) in [5.41, 5.74) is 2.11. The third-order valence-electron chi connectivity index (χ3n) is 5.86. The maximum atomic E-state index is 13.3. The highest BCUT2D eigenvalue weighted by molar-refractivity contribution is 5.97. The van der Waals surface area contributed by atoms with Crippen LogP contribution in [0.3, 0.4) is 0 Å². The molecule has 1 aliphatic rings. The van der Waals surface area contributed by atoms with Crippen molar-refractivity contribution in [3.8, 4) is 17.1 Å². The van der Waals surface area contributed by atoms with Crippen LogP contribution in [0.1, 0.15) is 40.8 Å². The standard InChI is InChI=1S/C24H20F3N5O2/c1-34-16-5-2-4-14(12-16)21-28-10-9-18(29-21)20-6-3-11-32(20)22(33)15-7-8-17-19(13-15)31-23(30-17)24(25,26)27/h2,4-5,7-10,12-13,20H,3,6,11H2,1H3,(H,30,31). The number of H-pyrrole nitrogens is 1. The van der Waals surface area contributed by atoms with Crippen LogP contribution >= 0.6 is 0 Å². The van der Waals surface area contributed by atoms with Crippen molar-refractivity contribution in [2.45, 2.75) is 25.1 Å². The summed E-state index contributed by atoms with van der Waals surface area (Å²) in [7, 11) is 1.59. The molecule has 1 unspecified atom stereocenters. The Bertz CT molecular complexity index is 1370. The predicted molar refractivity (Wildman–Crippen MR) is 118 cm³/mol. The lowest BCUT2D eigenvalue weighted by Gasteiger charge is -2.24. The molecule has 5 rings (SSSR count). The van der Waals surface area contributed by atoms with E-state index in [-0.39, 0.29) is 23.0 Å². The molecule has 4 aromatic rings. The first-order valence-corrected chi connectivity index (χ1v) is 10.7. The molecule has 0 radical (unpaired) electrons. The van der Waals surface area contributed by atoms with Crippen molar-refractivity contribution in [1.82, 2.24) is 24.8 Å². The van der Waals surface area contributed by atoms with Crippen molar-refractivity contribution in [3.63, 3.8) is 0 Å². The van der Waals surface area contributed by atoms with Gasteiger partial charge in [-0.25, -0.2) is 15.0 Å². The molecule has 2 aromatic heterocycles. The van der Waals surface area contributed by atoms with Crippen molar-refractivity contribution < 1.29 is 22.7 Å². The molecule has 1 saturated heterocycles. The number of fused-ring (bicyclic) bond motifs is 1. The van der Waals surface area contributed by atoms with Gasteiger partial charge in [-0.3, -0.25) is 4.79 Å². The third-order valence-corrected chi connectivity index (χ3v) is 5.86. The van der Waals surface area contributed by atoms with E-state index in [1.54, 1.807) is 24.3 Å². The van der Waals surface area contributed by atoms with Gasteiger partial charge in [-0.2, -0.15) is 13.2 Å². The Kier molecular flexibility index (Phi) is 5.43. The number of imidazole rings is 1. The average molecular weight is 467 g/mol. The number of nitrogens with zero attached hydrogens (tertiary/aromatic N) is 4. The highest BCUT2D eigenvalue weighted by Gasteiger charge is 2.35. The molecule has 0 bridgehead atoms. The van der Waals surface area contributed by atoms with Gasteiger partial charge in [-0.15, -0.1) is 0 Å². The summed E-state index contributed by atoms with van der Waals surface area (Å²) in [6, 6.07) is 13.3. The molecule has 34 heavy (non-hydrogen) atoms. The molecule has 1 amide bonds. The predicted octanol–water partition coefficient (Wildman–Crippen LogP) is 5.02. The minimum atomic E-state index is -4.59. The third kappa shape index (κ3) is 4.07. The summed E-state index contributed by atoms with van der Waals surface area (Å²) in [5, 5.41) is 0. The smallest absolute Gasteiger partial charge is 0.449 e. The van der Waals surface area contributed by atoms with Crippen LogP contribution in [-0.2, 0) is 6.18 Å². The fraction of sp³-hybridized carbons (Fsp3) is 0.250. The number of hydrogen-bond donors (Lipinski definition) is 1. The lowest BCUT2D eigenvalue weighted by atomic mass is 10.1. The molecular weight excluding hydrogens is 447 g/mol. The number of amides is 1. The first-order valence-electron chi connectivity index (χ1n) is 10.7. The van der Waals surface area contributed by atoms with Gasteiger partial charge in [0.05, 0.1) is 29.9 Å². The van der Waals surface area contributed by atoms with Crippen LogP contribution in [0.25, 0.3) is 22.4 Å². The van der Waals surface area contributed by atoms with Gasteiger partial charge in [0.2, 0.25) is 5.82 Å². The van der Waals surface area contributed by atoms with Gasteiger partial charge in [-0.05, 0) is 49.2 Å². The van der Waals surface area contributed by atoms with Crippen LogP contribution in [0.5, 0.6) is 5.75 Å². The largest absolute Gasteiger partial charge is 0.497 e. The molecule has 1 atom stereocenters. The number of methoxy groups -OCH3 is 1. The number of hydrogen-bond acceptors (Lipinski definition) is 5. The van der Waals surface area contributed by atoms with E-state index < -0.39 is 12.0 Å². The van der Waals surface area contributed by atoms with E-state index in [0.29, 0.717) is 29.4 Å². The minimum absolute atomic E-state index is 0.153. The number of nitrogens with one attached hydrogen (secondary N) is 1. The summed E-state index contributed by atoms with van der Waals surface area (Å²) in [4.78, 5) is 29.9. The average Bonchev–Trinajstić information content (AvgIpc) is 3.50. The van der Waals surface area contributed by atoms with E-state index in [1.807, 2.05) is 24.3 Å². The number of aromatic amines is 1. The van der Waals surface area contributed by atoms with Gasteiger partial charge in [0.25, 0.3) is 5.91 Å². The SMILES string of the molecule is COc1cccc(-c2nccc(C3CCCN3C(=O)c3ccc4nc(C(F)(F)F)[nH]c4c3)n2)c1. The second-order valence-corrected chi connectivity index (χ2v) is 8.01. The number of halogens is 3. The van der Waals surface area contributed by atoms with E-state index in [4.69, 9.17) is 9.72 Å². The first kappa shape index (κ1) is 21.9. The molecule has 10 heteroatoms. The van der Waals surface area contributed by atoms with E-state index in [2.05, 4.69) is 15.0 Å². The Morgan fingerprint density at radius 2 is 2.00 bits per heavy atom. The first-order chi connectivity index (χ1) is 16.3. The van der Waals surface area contributed by atoms with E-state index in [1.165, 1.54) is 18.2 Å². The second kappa shape index (κ2) is 8.44. The van der Waals surface area contributed by atoms with Gasteiger partial charge in [0.1, 0.15) is 5.75 Å². The van der Waals surface area contributed by atoms with Gasteiger partial charge in [0.15, 0.2) is 5.82 Å². The van der Waals surface area contributed by atoms with Gasteiger partial charge in [-0.1, -0.05) is 12.1 Å². The van der Waals surface area contributed by atoms with Crippen molar-refractivity contribution >= 4 is 16.9 Å². The normalized spacial score (nSPS) is 16.2. The van der Waals surface area contributed by atoms with E-state index in [0.717, 1.165) is 18.4 Å². The molecule has 0 spiro atoms. The summed E-state index contributed by atoms with van der Waals surface area (Å²) in [6.45, 7) is 0.525. The minimum Gasteiger partial charge on any atom is -0.497 e. The molecule has 2 aromatic carbocycles. The lowest BCUT2D eigenvalue weighted by molar-refractivity contribution is -0.144. The molecule has 1 N–H and O–H groups in total. The van der Waals surface area contributed by atoms with Gasteiger partial charge in [0, 0.05) is 23.9 Å². The Labute approximate surface area is 192 Å². The molecule has 174 valence electrons. The monoisotopic (exact) mass is 467 g/mol. The number of rotatable bonds is 4. The fourth-order valence-corrected chi connectivity index (χ4v) is 4.22. The Hall–Kier alpha value is -3.95. The van der Waals surface area contributed by atoms with Gasteiger partial charge < -0.3 is 14.6 Å². The van der Waals surface area contributed by atoms with E-state index in [9.17, 15) is 18.0 Å². The van der Waals surface area contributed by atoms with Crippen molar-refractivity contribution in [1.29, 1.82) is 0 Å². The number of benzene rings is 2. The maximum absolute atomic E-state index is 13.3. The fourth-order valence-electron chi connectivity index (χ4n) is 4.22. The molecule has 3 heterocycles. The summed E-state index contributed by atoms with van der Waals surface area (Å²) in [6.07, 6.45) is -1.41. The van der Waals surface area contributed by atoms with Crippen LogP contribution in [0, 0.1) is 0 Å². The molecule has 0 saturated carbocycles. The Balaban J connectivity index is 1.43. The number of likely N-dealkylation sites (tertiary alicyclic amines) is 1. The number of aromatic nitrogens is 4. The topological polar surface area (TPSA) is 84.0 Å².